The molecule has 0 unspecified atom stereocenters. The third-order valence-corrected chi connectivity index (χ3v) is 11.4. The molecule has 0 aliphatic heterocycles. The summed E-state index contributed by atoms with van der Waals surface area (Å²) in [6.45, 7) is 26.3. The van der Waals surface area contributed by atoms with Crippen LogP contribution in [-0.4, -0.2) is 21.9 Å². The molecular weight excluding hydrogens is 617 g/mol. The van der Waals surface area contributed by atoms with Crippen LogP contribution in [-0.2, 0) is 0 Å². The van der Waals surface area contributed by atoms with E-state index in [-0.39, 0.29) is 11.5 Å². The number of allylic oxidation sites excluding steroid dienone is 15. The molecule has 0 aromatic heterocycles. The Morgan fingerprint density at radius 1 is 0.980 bits per heavy atom. The summed E-state index contributed by atoms with van der Waals surface area (Å²) in [6, 6.07) is 0.606. The summed E-state index contributed by atoms with van der Waals surface area (Å²) in [6.07, 6.45) is 48.6. The molecule has 2 heteroatoms. The predicted molar refractivity (Wildman–Crippen MR) is 226 cm³/mol. The smallest absolute Gasteiger partial charge is 0.0553 e. The van der Waals surface area contributed by atoms with Crippen molar-refractivity contribution in [3.8, 4) is 12.3 Å². The average molecular weight is 687 g/mol. The van der Waals surface area contributed by atoms with Crippen LogP contribution in [0.5, 0.6) is 0 Å². The minimum Gasteiger partial charge on any atom is -0.342 e. The summed E-state index contributed by atoms with van der Waals surface area (Å²) >= 11 is 0. The first kappa shape index (κ1) is 41.7. The maximum Gasteiger partial charge on any atom is 0.0553 e. The van der Waals surface area contributed by atoms with Gasteiger partial charge in [-0.15, -0.1) is 13.0 Å². The summed E-state index contributed by atoms with van der Waals surface area (Å²) in [5.41, 5.74) is 10.6. The second-order valence-corrected chi connectivity index (χ2v) is 15.5. The highest BCUT2D eigenvalue weighted by Crippen LogP contribution is 2.47. The first-order valence-electron chi connectivity index (χ1n) is 19.9. The van der Waals surface area contributed by atoms with Crippen LogP contribution in [0.2, 0.25) is 0 Å². The monoisotopic (exact) mass is 687 g/mol. The molecule has 3 aliphatic rings. The molecule has 0 aromatic carbocycles. The Kier molecular flexibility index (Phi) is 17.2. The van der Waals surface area contributed by atoms with Crippen molar-refractivity contribution < 1.29 is 0 Å². The van der Waals surface area contributed by atoms with Gasteiger partial charge < -0.3 is 9.80 Å². The minimum atomic E-state index is 0.237. The fraction of sp³-hybridized carbons (Fsp3) is 0.510. The van der Waals surface area contributed by atoms with E-state index in [1.54, 1.807) is 0 Å². The van der Waals surface area contributed by atoms with Gasteiger partial charge in [0.1, 0.15) is 0 Å². The zero-order valence-corrected chi connectivity index (χ0v) is 33.7. The van der Waals surface area contributed by atoms with E-state index in [9.17, 15) is 0 Å². The lowest BCUT2D eigenvalue weighted by Crippen LogP contribution is -2.33. The summed E-state index contributed by atoms with van der Waals surface area (Å²) in [5.74, 6) is 3.36. The lowest BCUT2D eigenvalue weighted by molar-refractivity contribution is 0.213. The Morgan fingerprint density at radius 3 is 2.25 bits per heavy atom. The van der Waals surface area contributed by atoms with Crippen molar-refractivity contribution >= 4 is 0 Å². The second kappa shape index (κ2) is 21.0. The first-order valence-corrected chi connectivity index (χ1v) is 19.9. The van der Waals surface area contributed by atoms with E-state index in [1.807, 2.05) is 13.0 Å². The third kappa shape index (κ3) is 12.2. The molecule has 1 fully saturated rings. The van der Waals surface area contributed by atoms with Crippen LogP contribution in [0.1, 0.15) is 139 Å². The highest BCUT2D eigenvalue weighted by Gasteiger charge is 2.33. The molecule has 2 nitrogen and oxygen atoms in total. The van der Waals surface area contributed by atoms with Crippen molar-refractivity contribution in [2.75, 3.05) is 0 Å². The molecule has 1 saturated carbocycles. The molecule has 3 rings (SSSR count). The molecule has 0 N–H and O–H groups in total. The van der Waals surface area contributed by atoms with Crippen LogP contribution in [0.3, 0.4) is 0 Å². The van der Waals surface area contributed by atoms with E-state index in [0.29, 0.717) is 12.0 Å². The molecule has 0 aromatic rings. The number of rotatable bonds is 18. The second-order valence-electron chi connectivity index (χ2n) is 15.5. The molecule has 0 amide bonds. The zero-order valence-electron chi connectivity index (χ0n) is 33.7. The average Bonchev–Trinajstić information content (AvgIpc) is 3.14. The Bertz CT molecular complexity index is 1510. The Morgan fingerprint density at radius 2 is 1.69 bits per heavy atom. The fourth-order valence-corrected chi connectivity index (χ4v) is 8.04. The fourth-order valence-electron chi connectivity index (χ4n) is 8.04. The van der Waals surface area contributed by atoms with Crippen molar-refractivity contribution in [2.24, 2.45) is 11.3 Å². The van der Waals surface area contributed by atoms with Gasteiger partial charge in [-0.25, -0.2) is 0 Å². The van der Waals surface area contributed by atoms with E-state index in [0.717, 1.165) is 49.8 Å². The SMILES string of the molecule is C#C/C(C)=C\C[C@H](C)N(C1=CC[C@H](C)C=C1)/C(C=C)=C/C=C(\C)C1(CCC/C(=C\C)N(/C(=C/C)CCC(=C)C)[C@H]2C=CC(C)=CC2)CCCCC1. The van der Waals surface area contributed by atoms with E-state index in [2.05, 4.69) is 144 Å². The number of terminal acetylenes is 1. The van der Waals surface area contributed by atoms with Gasteiger partial charge in [0, 0.05) is 28.8 Å². The van der Waals surface area contributed by atoms with Gasteiger partial charge in [0.25, 0.3) is 0 Å². The quantitative estimate of drug-likeness (QED) is 0.0804. The Hall–Kier alpha value is -3.70. The van der Waals surface area contributed by atoms with E-state index in [1.165, 1.54) is 78.8 Å². The number of hydrogen-bond donors (Lipinski definition) is 0. The van der Waals surface area contributed by atoms with Crippen LogP contribution >= 0.6 is 0 Å². The first-order chi connectivity index (χ1) is 24.5. The maximum absolute atomic E-state index is 5.69. The largest absolute Gasteiger partial charge is 0.342 e. The minimum absolute atomic E-state index is 0.237. The Labute approximate surface area is 314 Å². The zero-order chi connectivity index (χ0) is 37.4. The van der Waals surface area contributed by atoms with Crippen molar-refractivity contribution in [1.29, 1.82) is 0 Å². The molecule has 0 radical (unpaired) electrons. The molecule has 0 heterocycles. The van der Waals surface area contributed by atoms with Crippen molar-refractivity contribution in [2.45, 2.75) is 151 Å². The lowest BCUT2D eigenvalue weighted by atomic mass is 9.66. The third-order valence-electron chi connectivity index (χ3n) is 11.4. The molecule has 276 valence electrons. The number of nitrogens with zero attached hydrogens (tertiary/aromatic N) is 2. The normalized spacial score (nSPS) is 22.1. The molecule has 0 bridgehead atoms. The standard InChI is InChI=1S/C49H70N2/c1-12-39(7)22-28-43(11)50(47-30-23-40(8)24-31-47)45(14-3)34-27-42(10)49(35-17-16-18-36-49)37-19-20-44(13-2)51(46(15-4)29-21-38(5)6)48-32-25-41(9)26-33-48/h1,13-15,22-23,25-27,30-32,34,40,43,48H,3,5,16-21,24,28-29,33,35-37H2,2,4,6-11H3/b39-22-,42-27+,44-13+,45-34+,46-15+/t40-,43+,48+/m1/s1. The molecule has 3 atom stereocenters. The van der Waals surface area contributed by atoms with Gasteiger partial charge in [0.15, 0.2) is 0 Å². The van der Waals surface area contributed by atoms with Crippen LogP contribution in [0.4, 0.5) is 0 Å². The predicted octanol–water partition coefficient (Wildman–Crippen LogP) is 14.0. The summed E-state index contributed by atoms with van der Waals surface area (Å²) in [7, 11) is 0. The number of hydrogen-bond acceptors (Lipinski definition) is 2. The van der Waals surface area contributed by atoms with Crippen molar-refractivity contribution in [3.63, 3.8) is 0 Å². The molecule has 0 spiro atoms. The van der Waals surface area contributed by atoms with Crippen molar-refractivity contribution in [3.05, 3.63) is 131 Å². The van der Waals surface area contributed by atoms with E-state index >= 15 is 0 Å². The maximum atomic E-state index is 5.69. The summed E-state index contributed by atoms with van der Waals surface area (Å²) in [5, 5.41) is 0. The highest BCUT2D eigenvalue weighted by molar-refractivity contribution is 5.35. The van der Waals surface area contributed by atoms with Crippen LogP contribution in [0.25, 0.3) is 0 Å². The van der Waals surface area contributed by atoms with Crippen LogP contribution in [0.15, 0.2) is 131 Å². The van der Waals surface area contributed by atoms with Gasteiger partial charge in [-0.3, -0.25) is 0 Å². The van der Waals surface area contributed by atoms with Crippen LogP contribution < -0.4 is 0 Å². The van der Waals surface area contributed by atoms with E-state index in [4.69, 9.17) is 6.42 Å². The van der Waals surface area contributed by atoms with Gasteiger partial charge >= 0.3 is 0 Å². The van der Waals surface area contributed by atoms with Gasteiger partial charge in [-0.2, -0.15) is 0 Å². The van der Waals surface area contributed by atoms with Gasteiger partial charge in [-0.05, 0) is 148 Å². The van der Waals surface area contributed by atoms with Crippen LogP contribution in [0, 0.1) is 23.7 Å². The summed E-state index contributed by atoms with van der Waals surface area (Å²) < 4.78 is 0. The van der Waals surface area contributed by atoms with Gasteiger partial charge in [0.2, 0.25) is 0 Å². The molecule has 0 saturated heterocycles. The Balaban J connectivity index is 1.89. The van der Waals surface area contributed by atoms with Gasteiger partial charge in [-0.1, -0.05) is 110 Å². The summed E-state index contributed by atoms with van der Waals surface area (Å²) in [4.78, 5) is 5.12. The lowest BCUT2D eigenvalue weighted by Gasteiger charge is -2.40. The molecule has 3 aliphatic carbocycles. The molecular formula is C49H70N2. The molecule has 51 heavy (non-hydrogen) atoms. The van der Waals surface area contributed by atoms with Gasteiger partial charge in [0.05, 0.1) is 6.04 Å². The van der Waals surface area contributed by atoms with E-state index < -0.39 is 0 Å². The van der Waals surface area contributed by atoms with Crippen molar-refractivity contribution in [1.82, 2.24) is 9.80 Å². The topological polar surface area (TPSA) is 6.48 Å². The highest BCUT2D eigenvalue weighted by atomic mass is 15.2.